The lowest BCUT2D eigenvalue weighted by Crippen LogP contribution is -2.19. The Morgan fingerprint density at radius 1 is 1.38 bits per heavy atom. The number of hydrogen-bond acceptors (Lipinski definition) is 1. The first-order valence-corrected chi connectivity index (χ1v) is 5.05. The zero-order valence-electron chi connectivity index (χ0n) is 9.27. The third kappa shape index (κ3) is 3.15. The minimum absolute atomic E-state index is 0.0972. The van der Waals surface area contributed by atoms with Crippen molar-refractivity contribution in [2.45, 2.75) is 32.5 Å². The molecule has 0 amide bonds. The van der Waals surface area contributed by atoms with Crippen LogP contribution in [0.3, 0.4) is 0 Å². The van der Waals surface area contributed by atoms with E-state index in [0.29, 0.717) is 17.5 Å². The summed E-state index contributed by atoms with van der Waals surface area (Å²) in [6.45, 7) is 7.25. The van der Waals surface area contributed by atoms with Crippen molar-refractivity contribution in [2.24, 2.45) is 0 Å². The van der Waals surface area contributed by atoms with Gasteiger partial charge >= 0.3 is 6.36 Å². The van der Waals surface area contributed by atoms with Crippen molar-refractivity contribution in [1.29, 1.82) is 0 Å². The molecule has 0 heterocycles. The van der Waals surface area contributed by atoms with Crippen LogP contribution in [0.25, 0.3) is 0 Å². The molecule has 0 saturated carbocycles. The number of hydrogen-bond donors (Lipinski definition) is 0. The number of benzene rings is 1. The molecule has 0 aliphatic heterocycles. The van der Waals surface area contributed by atoms with Crippen LogP contribution in [0, 0.1) is 6.92 Å². The van der Waals surface area contributed by atoms with Crippen molar-refractivity contribution in [1.82, 2.24) is 0 Å². The van der Waals surface area contributed by atoms with Crippen molar-refractivity contribution >= 4 is 0 Å². The number of aryl methyl sites for hydroxylation is 1. The van der Waals surface area contributed by atoms with Gasteiger partial charge in [0.05, 0.1) is 0 Å². The summed E-state index contributed by atoms with van der Waals surface area (Å²) in [6, 6.07) is 4.96. The highest BCUT2D eigenvalue weighted by molar-refractivity contribution is 5.44. The Balaban J connectivity index is 3.20. The Morgan fingerprint density at radius 2 is 2.00 bits per heavy atom. The molecule has 0 aromatic heterocycles. The van der Waals surface area contributed by atoms with Gasteiger partial charge in [-0.1, -0.05) is 32.0 Å². The Bertz CT molecular complexity index is 356. The van der Waals surface area contributed by atoms with Gasteiger partial charge in [-0.05, 0) is 30.4 Å². The van der Waals surface area contributed by atoms with Crippen LogP contribution >= 0.6 is 0 Å². The summed E-state index contributed by atoms with van der Waals surface area (Å²) in [5, 5.41) is 0. The smallest absolute Gasteiger partial charge is 0.405 e. The first-order valence-electron chi connectivity index (χ1n) is 5.05. The summed E-state index contributed by atoms with van der Waals surface area (Å²) in [7, 11) is 0. The van der Waals surface area contributed by atoms with Gasteiger partial charge in [-0.25, -0.2) is 0 Å². The molecule has 0 spiro atoms. The van der Waals surface area contributed by atoms with E-state index >= 15 is 0 Å². The predicted molar refractivity (Wildman–Crippen MR) is 56.3 cm³/mol. The van der Waals surface area contributed by atoms with Gasteiger partial charge in [-0.2, -0.15) is 0 Å². The molecule has 1 nitrogen and oxygen atoms in total. The molecule has 0 aliphatic rings. The van der Waals surface area contributed by atoms with E-state index in [0.717, 1.165) is 0 Å². The molecule has 1 radical (unpaired) electrons. The largest absolute Gasteiger partial charge is 0.573 e. The van der Waals surface area contributed by atoms with Gasteiger partial charge in [0.15, 0.2) is 0 Å². The lowest BCUT2D eigenvalue weighted by Gasteiger charge is -2.18. The van der Waals surface area contributed by atoms with Crippen LogP contribution in [0.4, 0.5) is 13.2 Å². The third-order valence-electron chi connectivity index (χ3n) is 2.26. The van der Waals surface area contributed by atoms with E-state index in [9.17, 15) is 13.2 Å². The van der Waals surface area contributed by atoms with Crippen LogP contribution < -0.4 is 4.74 Å². The Kier molecular flexibility index (Phi) is 3.83. The van der Waals surface area contributed by atoms with Crippen LogP contribution in [0.1, 0.15) is 30.9 Å². The predicted octanol–water partition coefficient (Wildman–Crippen LogP) is 4.09. The SMILES string of the molecule is [CH2]C(C)c1cccc(CC)c1OC(F)(F)F. The highest BCUT2D eigenvalue weighted by Crippen LogP contribution is 2.34. The van der Waals surface area contributed by atoms with Crippen LogP contribution in [0.15, 0.2) is 18.2 Å². The fraction of sp³-hybridized carbons (Fsp3) is 0.417. The second-order valence-corrected chi connectivity index (χ2v) is 3.64. The summed E-state index contributed by atoms with van der Waals surface area (Å²) in [5.74, 6) is -0.344. The maximum atomic E-state index is 12.3. The quantitative estimate of drug-likeness (QED) is 0.761. The summed E-state index contributed by atoms with van der Waals surface area (Å²) < 4.78 is 40.9. The second kappa shape index (κ2) is 4.76. The summed E-state index contributed by atoms with van der Waals surface area (Å²) in [5.41, 5.74) is 1.03. The van der Waals surface area contributed by atoms with E-state index in [2.05, 4.69) is 11.7 Å². The molecule has 16 heavy (non-hydrogen) atoms. The van der Waals surface area contributed by atoms with Crippen LogP contribution in [0.5, 0.6) is 5.75 Å². The summed E-state index contributed by atoms with van der Waals surface area (Å²) >= 11 is 0. The molecule has 0 bridgehead atoms. The fourth-order valence-electron chi connectivity index (χ4n) is 1.51. The minimum atomic E-state index is -4.66. The Morgan fingerprint density at radius 3 is 2.44 bits per heavy atom. The van der Waals surface area contributed by atoms with Gasteiger partial charge in [-0.3, -0.25) is 0 Å². The molecule has 0 fully saturated rings. The van der Waals surface area contributed by atoms with E-state index < -0.39 is 6.36 Å². The van der Waals surface area contributed by atoms with Crippen molar-refractivity contribution in [3.05, 3.63) is 36.2 Å². The lowest BCUT2D eigenvalue weighted by molar-refractivity contribution is -0.275. The van der Waals surface area contributed by atoms with Gasteiger partial charge in [0.25, 0.3) is 0 Å². The van der Waals surface area contributed by atoms with E-state index in [-0.39, 0.29) is 11.7 Å². The van der Waals surface area contributed by atoms with Crippen molar-refractivity contribution in [2.75, 3.05) is 0 Å². The zero-order valence-corrected chi connectivity index (χ0v) is 9.27. The standard InChI is InChI=1S/C12H14F3O/c1-4-9-6-5-7-10(8(2)3)11(9)16-12(13,14)15/h5-8H,2,4H2,1,3H3. The van der Waals surface area contributed by atoms with Gasteiger partial charge in [0.1, 0.15) is 5.75 Å². The highest BCUT2D eigenvalue weighted by Gasteiger charge is 2.33. The number of para-hydroxylation sites is 1. The molecule has 1 aromatic carbocycles. The van der Waals surface area contributed by atoms with Crippen molar-refractivity contribution in [3.8, 4) is 5.75 Å². The maximum Gasteiger partial charge on any atom is 0.573 e. The van der Waals surface area contributed by atoms with E-state index in [4.69, 9.17) is 0 Å². The average molecular weight is 231 g/mol. The molecule has 4 heteroatoms. The molecule has 1 atom stereocenters. The highest BCUT2D eigenvalue weighted by atomic mass is 19.4. The molecule has 89 valence electrons. The Hall–Kier alpha value is -1.19. The first-order chi connectivity index (χ1) is 7.35. The molecule has 1 unspecified atom stereocenters. The van der Waals surface area contributed by atoms with Crippen LogP contribution in [0.2, 0.25) is 0 Å². The van der Waals surface area contributed by atoms with Crippen molar-refractivity contribution in [3.63, 3.8) is 0 Å². The normalized spacial score (nSPS) is 11.9. The maximum absolute atomic E-state index is 12.3. The fourth-order valence-corrected chi connectivity index (χ4v) is 1.51. The van der Waals surface area contributed by atoms with Gasteiger partial charge in [0, 0.05) is 0 Å². The summed E-state index contributed by atoms with van der Waals surface area (Å²) in [4.78, 5) is 0. The van der Waals surface area contributed by atoms with Gasteiger partial charge in [-0.15, -0.1) is 13.2 Å². The second-order valence-electron chi connectivity index (χ2n) is 3.64. The number of rotatable bonds is 3. The number of ether oxygens (including phenoxy) is 1. The van der Waals surface area contributed by atoms with E-state index in [1.807, 2.05) is 0 Å². The van der Waals surface area contributed by atoms with Crippen molar-refractivity contribution < 1.29 is 17.9 Å². The molecule has 0 N–H and O–H groups in total. The first kappa shape index (κ1) is 12.9. The minimum Gasteiger partial charge on any atom is -0.405 e. The monoisotopic (exact) mass is 231 g/mol. The molecular weight excluding hydrogens is 217 g/mol. The molecule has 1 aromatic rings. The molecule has 0 aliphatic carbocycles. The molecule has 0 saturated heterocycles. The zero-order chi connectivity index (χ0) is 12.3. The van der Waals surface area contributed by atoms with Crippen LogP contribution in [-0.4, -0.2) is 6.36 Å². The topological polar surface area (TPSA) is 9.23 Å². The average Bonchev–Trinajstić information content (AvgIpc) is 2.15. The third-order valence-corrected chi connectivity index (χ3v) is 2.26. The van der Waals surface area contributed by atoms with Gasteiger partial charge in [0.2, 0.25) is 0 Å². The van der Waals surface area contributed by atoms with Gasteiger partial charge < -0.3 is 4.74 Å². The van der Waals surface area contributed by atoms with Crippen LogP contribution in [-0.2, 0) is 6.42 Å². The number of alkyl halides is 3. The Labute approximate surface area is 93.2 Å². The number of halogens is 3. The summed E-state index contributed by atoms with van der Waals surface area (Å²) in [6.07, 6.45) is -4.17. The lowest BCUT2D eigenvalue weighted by atomic mass is 9.98. The van der Waals surface area contributed by atoms with E-state index in [1.165, 1.54) is 0 Å². The molecule has 1 rings (SSSR count). The molecular formula is C12H14F3O. The van der Waals surface area contributed by atoms with E-state index in [1.54, 1.807) is 32.0 Å².